The first kappa shape index (κ1) is 9.93. The zero-order chi connectivity index (χ0) is 9.80. The lowest BCUT2D eigenvalue weighted by molar-refractivity contribution is -0.131. The molecule has 0 bridgehead atoms. The number of amides is 1. The van der Waals surface area contributed by atoms with E-state index in [2.05, 4.69) is 10.6 Å². The van der Waals surface area contributed by atoms with E-state index in [4.69, 9.17) is 0 Å². The van der Waals surface area contributed by atoms with E-state index < -0.39 is 0 Å². The van der Waals surface area contributed by atoms with Gasteiger partial charge in [-0.05, 0) is 12.8 Å². The highest BCUT2D eigenvalue weighted by molar-refractivity contribution is 5.78. The van der Waals surface area contributed by atoms with Crippen LogP contribution in [-0.2, 0) is 4.79 Å². The van der Waals surface area contributed by atoms with Gasteiger partial charge >= 0.3 is 0 Å². The van der Waals surface area contributed by atoms with Crippen molar-refractivity contribution in [3.05, 3.63) is 0 Å². The molecule has 1 saturated carbocycles. The van der Waals surface area contributed by atoms with Crippen LogP contribution < -0.4 is 10.6 Å². The minimum Gasteiger partial charge on any atom is -0.339 e. The highest BCUT2D eigenvalue weighted by atomic mass is 16.2. The number of carbonyl (C=O) groups excluding carboxylic acids is 1. The van der Waals surface area contributed by atoms with Crippen molar-refractivity contribution >= 4 is 5.91 Å². The summed E-state index contributed by atoms with van der Waals surface area (Å²) in [5.41, 5.74) is 0. The van der Waals surface area contributed by atoms with Crippen LogP contribution in [0.25, 0.3) is 0 Å². The second-order valence-corrected chi connectivity index (χ2v) is 4.14. The normalized spacial score (nSPS) is 23.3. The topological polar surface area (TPSA) is 44.4 Å². The van der Waals surface area contributed by atoms with Gasteiger partial charge in [-0.25, -0.2) is 0 Å². The van der Waals surface area contributed by atoms with Crippen LogP contribution in [0.2, 0.25) is 0 Å². The molecule has 80 valence electrons. The highest BCUT2D eigenvalue weighted by Crippen LogP contribution is 2.17. The molecular weight excluding hydrogens is 178 g/mol. The van der Waals surface area contributed by atoms with Gasteiger partial charge in [0, 0.05) is 32.2 Å². The van der Waals surface area contributed by atoms with Gasteiger partial charge in [0.05, 0.1) is 6.54 Å². The Hall–Kier alpha value is -0.610. The summed E-state index contributed by atoms with van der Waals surface area (Å²) < 4.78 is 0. The average molecular weight is 197 g/mol. The minimum absolute atomic E-state index is 0.262. The Kier molecular flexibility index (Phi) is 3.37. The quantitative estimate of drug-likeness (QED) is 0.645. The summed E-state index contributed by atoms with van der Waals surface area (Å²) in [5.74, 6) is 0.262. The molecule has 0 aromatic heterocycles. The van der Waals surface area contributed by atoms with E-state index in [0.717, 1.165) is 26.2 Å². The van der Waals surface area contributed by atoms with E-state index in [-0.39, 0.29) is 5.91 Å². The number of nitrogens with one attached hydrogen (secondary N) is 2. The van der Waals surface area contributed by atoms with Crippen LogP contribution in [0.15, 0.2) is 0 Å². The van der Waals surface area contributed by atoms with Gasteiger partial charge in [0.2, 0.25) is 5.91 Å². The third-order valence-electron chi connectivity index (χ3n) is 3.12. The molecule has 1 aliphatic heterocycles. The fraction of sp³-hybridized carbons (Fsp3) is 0.900. The first-order chi connectivity index (χ1) is 6.86. The molecule has 0 spiro atoms. The molecule has 14 heavy (non-hydrogen) atoms. The molecule has 2 rings (SSSR count). The monoisotopic (exact) mass is 197 g/mol. The van der Waals surface area contributed by atoms with Crippen molar-refractivity contribution in [1.29, 1.82) is 0 Å². The Balaban J connectivity index is 1.65. The predicted octanol–water partition coefficient (Wildman–Crippen LogP) is -0.440. The molecule has 0 atom stereocenters. The lowest BCUT2D eigenvalue weighted by atomic mass is 9.93. The molecule has 1 saturated heterocycles. The summed E-state index contributed by atoms with van der Waals surface area (Å²) in [6, 6.07) is 0.613. The molecular formula is C10H19N3O. The third-order valence-corrected chi connectivity index (χ3v) is 3.12. The van der Waals surface area contributed by atoms with E-state index in [1.54, 1.807) is 0 Å². The summed E-state index contributed by atoms with van der Waals surface area (Å²) >= 11 is 0. The van der Waals surface area contributed by atoms with Crippen LogP contribution in [0, 0.1) is 0 Å². The second-order valence-electron chi connectivity index (χ2n) is 4.14. The summed E-state index contributed by atoms with van der Waals surface area (Å²) in [5, 5.41) is 6.55. The third kappa shape index (κ3) is 2.45. The molecule has 1 heterocycles. The standard InChI is InChI=1S/C10H19N3O/c14-10(8-12-9-2-1-3-9)13-6-4-11-5-7-13/h9,11-12H,1-8H2. The first-order valence-corrected chi connectivity index (χ1v) is 5.58. The Morgan fingerprint density at radius 3 is 2.64 bits per heavy atom. The Morgan fingerprint density at radius 1 is 1.36 bits per heavy atom. The zero-order valence-electron chi connectivity index (χ0n) is 8.59. The van der Waals surface area contributed by atoms with Crippen molar-refractivity contribution in [3.8, 4) is 0 Å². The molecule has 1 aliphatic carbocycles. The van der Waals surface area contributed by atoms with Crippen LogP contribution in [0.5, 0.6) is 0 Å². The van der Waals surface area contributed by atoms with Gasteiger partial charge in [0.15, 0.2) is 0 Å². The number of piperazine rings is 1. The SMILES string of the molecule is O=C(CNC1CCC1)N1CCNCC1. The number of rotatable bonds is 3. The molecule has 0 aromatic carbocycles. The van der Waals surface area contributed by atoms with Gasteiger partial charge in [-0.1, -0.05) is 6.42 Å². The second kappa shape index (κ2) is 4.75. The number of hydrogen-bond acceptors (Lipinski definition) is 3. The van der Waals surface area contributed by atoms with Crippen LogP contribution in [0.3, 0.4) is 0 Å². The van der Waals surface area contributed by atoms with Crippen molar-refractivity contribution in [2.24, 2.45) is 0 Å². The number of hydrogen-bond donors (Lipinski definition) is 2. The Labute approximate surface area is 85.0 Å². The van der Waals surface area contributed by atoms with Crippen molar-refractivity contribution in [2.75, 3.05) is 32.7 Å². The number of carbonyl (C=O) groups is 1. The van der Waals surface area contributed by atoms with Crippen LogP contribution in [-0.4, -0.2) is 49.6 Å². The average Bonchev–Trinajstić information content (AvgIpc) is 2.16. The molecule has 1 amide bonds. The predicted molar refractivity (Wildman–Crippen MR) is 55.1 cm³/mol. The highest BCUT2D eigenvalue weighted by Gasteiger charge is 2.20. The molecule has 0 aromatic rings. The molecule has 2 N–H and O–H groups in total. The maximum atomic E-state index is 11.7. The number of nitrogens with zero attached hydrogens (tertiary/aromatic N) is 1. The largest absolute Gasteiger partial charge is 0.339 e. The van der Waals surface area contributed by atoms with E-state index in [1.165, 1.54) is 19.3 Å². The molecule has 4 nitrogen and oxygen atoms in total. The molecule has 4 heteroatoms. The lowest BCUT2D eigenvalue weighted by Gasteiger charge is -2.30. The fourth-order valence-electron chi connectivity index (χ4n) is 1.87. The van der Waals surface area contributed by atoms with Crippen LogP contribution in [0.4, 0.5) is 0 Å². The van der Waals surface area contributed by atoms with Gasteiger partial charge in [0.25, 0.3) is 0 Å². The Morgan fingerprint density at radius 2 is 2.07 bits per heavy atom. The first-order valence-electron chi connectivity index (χ1n) is 5.58. The van der Waals surface area contributed by atoms with Crippen LogP contribution >= 0.6 is 0 Å². The van der Waals surface area contributed by atoms with E-state index in [0.29, 0.717) is 12.6 Å². The summed E-state index contributed by atoms with van der Waals surface area (Å²) in [6.45, 7) is 4.14. The van der Waals surface area contributed by atoms with E-state index in [1.807, 2.05) is 4.90 Å². The van der Waals surface area contributed by atoms with Crippen molar-refractivity contribution in [3.63, 3.8) is 0 Å². The molecule has 0 unspecified atom stereocenters. The summed E-state index contributed by atoms with van der Waals surface area (Å²) in [7, 11) is 0. The van der Waals surface area contributed by atoms with Crippen molar-refractivity contribution in [1.82, 2.24) is 15.5 Å². The molecule has 0 radical (unpaired) electrons. The van der Waals surface area contributed by atoms with Gasteiger partial charge in [-0.2, -0.15) is 0 Å². The molecule has 2 aliphatic rings. The fourth-order valence-corrected chi connectivity index (χ4v) is 1.87. The van der Waals surface area contributed by atoms with Crippen LogP contribution in [0.1, 0.15) is 19.3 Å². The Bertz CT molecular complexity index is 198. The van der Waals surface area contributed by atoms with Gasteiger partial charge in [0.1, 0.15) is 0 Å². The summed E-state index contributed by atoms with van der Waals surface area (Å²) in [6.07, 6.45) is 3.81. The molecule has 2 fully saturated rings. The zero-order valence-corrected chi connectivity index (χ0v) is 8.59. The lowest BCUT2D eigenvalue weighted by Crippen LogP contribution is -2.50. The minimum atomic E-state index is 0.262. The van der Waals surface area contributed by atoms with E-state index in [9.17, 15) is 4.79 Å². The van der Waals surface area contributed by atoms with Crippen molar-refractivity contribution < 1.29 is 4.79 Å². The van der Waals surface area contributed by atoms with E-state index >= 15 is 0 Å². The summed E-state index contributed by atoms with van der Waals surface area (Å²) in [4.78, 5) is 13.6. The van der Waals surface area contributed by atoms with Gasteiger partial charge in [-0.3, -0.25) is 4.79 Å². The maximum Gasteiger partial charge on any atom is 0.236 e. The van der Waals surface area contributed by atoms with Crippen molar-refractivity contribution in [2.45, 2.75) is 25.3 Å². The van der Waals surface area contributed by atoms with Gasteiger partial charge in [-0.15, -0.1) is 0 Å². The maximum absolute atomic E-state index is 11.7. The smallest absolute Gasteiger partial charge is 0.236 e. The van der Waals surface area contributed by atoms with Gasteiger partial charge < -0.3 is 15.5 Å².